The highest BCUT2D eigenvalue weighted by atomic mass is 15.3. The summed E-state index contributed by atoms with van der Waals surface area (Å²) in [6, 6.07) is 16.7. The van der Waals surface area contributed by atoms with E-state index in [1.165, 1.54) is 0 Å². The molecule has 1 fully saturated rings. The molecular weight excluding hydrogens is 460 g/mol. The standard InChI is InChI=1S/C29H38N8/c1-5-34(6-2)26-22-14-9-11-16-24(22)30-28(32-26)36-18-13-19-37(21-20-36)29-31-25-17-12-10-15-23(25)27(33-29)35(7-3)8-4/h9-12,14-17H,5-8,13,18-21H2,1-4H3. The lowest BCUT2D eigenvalue weighted by Crippen LogP contribution is -2.33. The highest BCUT2D eigenvalue weighted by molar-refractivity contribution is 5.91. The molecule has 0 amide bonds. The number of benzene rings is 2. The van der Waals surface area contributed by atoms with Gasteiger partial charge in [0.2, 0.25) is 11.9 Å². The lowest BCUT2D eigenvalue weighted by Gasteiger charge is -2.27. The largest absolute Gasteiger partial charge is 0.356 e. The van der Waals surface area contributed by atoms with Gasteiger partial charge in [0.25, 0.3) is 0 Å². The second-order valence-electron chi connectivity index (χ2n) is 9.40. The topological polar surface area (TPSA) is 64.5 Å². The average molecular weight is 499 g/mol. The van der Waals surface area contributed by atoms with Crippen molar-refractivity contribution in [1.29, 1.82) is 0 Å². The van der Waals surface area contributed by atoms with Gasteiger partial charge in [0.05, 0.1) is 11.0 Å². The Bertz CT molecular complexity index is 1250. The van der Waals surface area contributed by atoms with Crippen molar-refractivity contribution in [2.75, 3.05) is 72.0 Å². The van der Waals surface area contributed by atoms with Crippen LogP contribution in [0.2, 0.25) is 0 Å². The van der Waals surface area contributed by atoms with Crippen molar-refractivity contribution < 1.29 is 0 Å². The van der Waals surface area contributed by atoms with Crippen LogP contribution in [0.15, 0.2) is 48.5 Å². The molecule has 1 saturated heterocycles. The van der Waals surface area contributed by atoms with Gasteiger partial charge in [0, 0.05) is 63.1 Å². The monoisotopic (exact) mass is 498 g/mol. The van der Waals surface area contributed by atoms with Crippen LogP contribution in [0.1, 0.15) is 34.1 Å². The Labute approximate surface area is 220 Å². The molecule has 2 aromatic carbocycles. The van der Waals surface area contributed by atoms with E-state index in [0.29, 0.717) is 0 Å². The number of aromatic nitrogens is 4. The molecule has 4 aromatic rings. The van der Waals surface area contributed by atoms with Gasteiger partial charge >= 0.3 is 0 Å². The summed E-state index contributed by atoms with van der Waals surface area (Å²) in [5, 5.41) is 2.22. The molecule has 194 valence electrons. The molecule has 0 radical (unpaired) electrons. The normalized spacial score (nSPS) is 14.3. The van der Waals surface area contributed by atoms with Crippen LogP contribution in [0.5, 0.6) is 0 Å². The Morgan fingerprint density at radius 2 is 0.973 bits per heavy atom. The van der Waals surface area contributed by atoms with Crippen LogP contribution in [-0.4, -0.2) is 72.3 Å². The van der Waals surface area contributed by atoms with Crippen LogP contribution < -0.4 is 19.6 Å². The summed E-state index contributed by atoms with van der Waals surface area (Å²) in [6.45, 7) is 15.8. The van der Waals surface area contributed by atoms with E-state index in [4.69, 9.17) is 19.9 Å². The molecule has 1 aliphatic heterocycles. The molecule has 37 heavy (non-hydrogen) atoms. The Morgan fingerprint density at radius 1 is 0.568 bits per heavy atom. The van der Waals surface area contributed by atoms with Gasteiger partial charge in [-0.1, -0.05) is 24.3 Å². The second kappa shape index (κ2) is 11.2. The predicted molar refractivity (Wildman–Crippen MR) is 155 cm³/mol. The summed E-state index contributed by atoms with van der Waals surface area (Å²) in [6.07, 6.45) is 0.994. The van der Waals surface area contributed by atoms with Gasteiger partial charge in [-0.3, -0.25) is 0 Å². The van der Waals surface area contributed by atoms with Crippen LogP contribution in [0.3, 0.4) is 0 Å². The maximum atomic E-state index is 5.09. The maximum absolute atomic E-state index is 5.09. The van der Waals surface area contributed by atoms with E-state index < -0.39 is 0 Å². The number of nitrogens with zero attached hydrogens (tertiary/aromatic N) is 8. The molecule has 0 bridgehead atoms. The van der Waals surface area contributed by atoms with E-state index in [1.807, 2.05) is 0 Å². The summed E-state index contributed by atoms with van der Waals surface area (Å²) in [7, 11) is 0. The van der Waals surface area contributed by atoms with Crippen LogP contribution in [0.25, 0.3) is 21.8 Å². The van der Waals surface area contributed by atoms with Crippen LogP contribution in [0.4, 0.5) is 23.5 Å². The number of fused-ring (bicyclic) bond motifs is 2. The Hall–Kier alpha value is -3.68. The average Bonchev–Trinajstić information content (AvgIpc) is 3.21. The zero-order valence-electron chi connectivity index (χ0n) is 22.6. The molecule has 0 unspecified atom stereocenters. The van der Waals surface area contributed by atoms with E-state index in [1.54, 1.807) is 0 Å². The minimum atomic E-state index is 0.811. The van der Waals surface area contributed by atoms with Crippen molar-refractivity contribution in [3.63, 3.8) is 0 Å². The van der Waals surface area contributed by atoms with Gasteiger partial charge in [-0.15, -0.1) is 0 Å². The third-order valence-electron chi connectivity index (χ3n) is 7.33. The summed E-state index contributed by atoms with van der Waals surface area (Å²) < 4.78 is 0. The summed E-state index contributed by atoms with van der Waals surface area (Å²) in [5.74, 6) is 3.67. The molecule has 5 rings (SSSR count). The summed E-state index contributed by atoms with van der Waals surface area (Å²) in [4.78, 5) is 29.4. The van der Waals surface area contributed by atoms with Crippen molar-refractivity contribution in [3.05, 3.63) is 48.5 Å². The SMILES string of the molecule is CCN(CC)c1nc(N2CCCN(c3nc(N(CC)CC)c4ccccc4n3)CC2)nc2ccccc12. The molecule has 0 N–H and O–H groups in total. The number of para-hydroxylation sites is 2. The maximum Gasteiger partial charge on any atom is 0.227 e. The van der Waals surface area contributed by atoms with Crippen molar-refractivity contribution in [2.45, 2.75) is 34.1 Å². The predicted octanol–water partition coefficient (Wildman–Crippen LogP) is 4.98. The van der Waals surface area contributed by atoms with E-state index in [2.05, 4.69) is 95.8 Å². The molecule has 0 atom stereocenters. The van der Waals surface area contributed by atoms with Crippen molar-refractivity contribution in [3.8, 4) is 0 Å². The molecule has 2 aromatic heterocycles. The van der Waals surface area contributed by atoms with Gasteiger partial charge in [-0.05, 0) is 58.4 Å². The third-order valence-corrected chi connectivity index (χ3v) is 7.33. The van der Waals surface area contributed by atoms with Crippen LogP contribution in [0, 0.1) is 0 Å². The minimum absolute atomic E-state index is 0.811. The molecule has 8 nitrogen and oxygen atoms in total. The zero-order chi connectivity index (χ0) is 25.8. The molecule has 3 heterocycles. The Balaban J connectivity index is 1.45. The number of hydrogen-bond acceptors (Lipinski definition) is 8. The number of hydrogen-bond donors (Lipinski definition) is 0. The highest BCUT2D eigenvalue weighted by Gasteiger charge is 2.23. The first kappa shape index (κ1) is 25.0. The van der Waals surface area contributed by atoms with E-state index in [0.717, 1.165) is 104 Å². The first-order valence-electron chi connectivity index (χ1n) is 13.7. The first-order chi connectivity index (χ1) is 18.2. The molecular formula is C29H38N8. The van der Waals surface area contributed by atoms with Gasteiger partial charge in [0.1, 0.15) is 11.6 Å². The van der Waals surface area contributed by atoms with Crippen LogP contribution in [-0.2, 0) is 0 Å². The Morgan fingerprint density at radius 3 is 1.38 bits per heavy atom. The summed E-state index contributed by atoms with van der Waals surface area (Å²) >= 11 is 0. The highest BCUT2D eigenvalue weighted by Crippen LogP contribution is 2.29. The van der Waals surface area contributed by atoms with Gasteiger partial charge < -0.3 is 19.6 Å². The van der Waals surface area contributed by atoms with Crippen molar-refractivity contribution in [1.82, 2.24) is 19.9 Å². The van der Waals surface area contributed by atoms with Gasteiger partial charge in [-0.25, -0.2) is 9.97 Å². The second-order valence-corrected chi connectivity index (χ2v) is 9.40. The van der Waals surface area contributed by atoms with E-state index in [9.17, 15) is 0 Å². The molecule has 0 spiro atoms. The quantitative estimate of drug-likeness (QED) is 0.337. The lowest BCUT2D eigenvalue weighted by molar-refractivity contribution is 0.775. The molecule has 1 aliphatic rings. The lowest BCUT2D eigenvalue weighted by atomic mass is 10.2. The fourth-order valence-electron chi connectivity index (χ4n) is 5.22. The van der Waals surface area contributed by atoms with Crippen molar-refractivity contribution in [2.24, 2.45) is 0 Å². The van der Waals surface area contributed by atoms with Gasteiger partial charge in [0.15, 0.2) is 0 Å². The fourth-order valence-corrected chi connectivity index (χ4v) is 5.22. The molecule has 0 saturated carbocycles. The van der Waals surface area contributed by atoms with Crippen LogP contribution >= 0.6 is 0 Å². The molecule has 8 heteroatoms. The third kappa shape index (κ3) is 4.97. The fraction of sp³-hybridized carbons (Fsp3) is 0.448. The number of rotatable bonds is 8. The zero-order valence-corrected chi connectivity index (χ0v) is 22.6. The number of anilines is 4. The summed E-state index contributed by atoms with van der Waals surface area (Å²) in [5.41, 5.74) is 1.99. The van der Waals surface area contributed by atoms with Gasteiger partial charge in [-0.2, -0.15) is 9.97 Å². The minimum Gasteiger partial charge on any atom is -0.356 e. The van der Waals surface area contributed by atoms with Crippen molar-refractivity contribution >= 4 is 45.3 Å². The first-order valence-corrected chi connectivity index (χ1v) is 13.7. The van der Waals surface area contributed by atoms with E-state index >= 15 is 0 Å². The molecule has 0 aliphatic carbocycles. The Kier molecular flexibility index (Phi) is 7.53. The van der Waals surface area contributed by atoms with E-state index in [-0.39, 0.29) is 0 Å². The smallest absolute Gasteiger partial charge is 0.227 e.